The predicted octanol–water partition coefficient (Wildman–Crippen LogP) is 4.52. The average molecular weight is 354 g/mol. The molecule has 0 aliphatic carbocycles. The van der Waals surface area contributed by atoms with Crippen LogP contribution in [0.5, 0.6) is 5.75 Å². The quantitative estimate of drug-likeness (QED) is 0.775. The summed E-state index contributed by atoms with van der Waals surface area (Å²) in [4.78, 5) is 14.5. The van der Waals surface area contributed by atoms with Gasteiger partial charge in [-0.15, -0.1) is 0 Å². The van der Waals surface area contributed by atoms with E-state index in [0.29, 0.717) is 5.69 Å². The molecule has 5 heteroatoms. The van der Waals surface area contributed by atoms with E-state index in [1.807, 2.05) is 42.5 Å². The van der Waals surface area contributed by atoms with Crippen molar-refractivity contribution in [1.82, 2.24) is 4.90 Å². The van der Waals surface area contributed by atoms with Crippen LogP contribution in [0.2, 0.25) is 0 Å². The van der Waals surface area contributed by atoms with E-state index in [-0.39, 0.29) is 12.4 Å². The first kappa shape index (κ1) is 18.3. The van der Waals surface area contributed by atoms with Gasteiger partial charge in [0.2, 0.25) is 0 Å². The number of phenolic OH excluding ortho intramolecular Hbond substituents is 1. The van der Waals surface area contributed by atoms with E-state index < -0.39 is 6.09 Å². The van der Waals surface area contributed by atoms with E-state index in [9.17, 15) is 9.90 Å². The molecular formula is C21H26N2O3. The Balaban J connectivity index is 1.57. The number of nitrogens with zero attached hydrogens (tertiary/aromatic N) is 1. The van der Waals surface area contributed by atoms with Crippen LogP contribution in [0.1, 0.15) is 36.8 Å². The van der Waals surface area contributed by atoms with Crippen LogP contribution in [0.15, 0.2) is 48.5 Å². The largest absolute Gasteiger partial charge is 0.506 e. The second-order valence-corrected chi connectivity index (χ2v) is 6.73. The van der Waals surface area contributed by atoms with E-state index in [2.05, 4.69) is 10.2 Å². The second-order valence-electron chi connectivity index (χ2n) is 6.73. The van der Waals surface area contributed by atoms with Crippen molar-refractivity contribution in [1.29, 1.82) is 0 Å². The third kappa shape index (κ3) is 5.49. The number of hydrogen-bond acceptors (Lipinski definition) is 4. The summed E-state index contributed by atoms with van der Waals surface area (Å²) in [5.41, 5.74) is 2.38. The van der Waals surface area contributed by atoms with Gasteiger partial charge in [-0.25, -0.2) is 4.79 Å². The topological polar surface area (TPSA) is 61.8 Å². The van der Waals surface area contributed by atoms with Crippen LogP contribution in [0.3, 0.4) is 0 Å². The van der Waals surface area contributed by atoms with Crippen molar-refractivity contribution >= 4 is 11.8 Å². The third-order valence-electron chi connectivity index (χ3n) is 4.62. The maximum atomic E-state index is 12.0. The molecule has 1 aliphatic heterocycles. The Morgan fingerprint density at radius 1 is 1.00 bits per heavy atom. The van der Waals surface area contributed by atoms with Gasteiger partial charge in [0, 0.05) is 6.54 Å². The molecule has 5 nitrogen and oxygen atoms in total. The number of hydrogen-bond donors (Lipinski definition) is 2. The summed E-state index contributed by atoms with van der Waals surface area (Å²) in [6.07, 6.45) is 4.48. The minimum Gasteiger partial charge on any atom is -0.506 e. The van der Waals surface area contributed by atoms with Crippen LogP contribution in [0, 0.1) is 0 Å². The fourth-order valence-electron chi connectivity index (χ4n) is 3.20. The molecule has 1 heterocycles. The molecule has 0 saturated carbocycles. The highest BCUT2D eigenvalue weighted by Crippen LogP contribution is 2.25. The number of ether oxygens (including phenoxy) is 1. The number of nitrogens with one attached hydrogen (secondary N) is 1. The number of carbonyl (C=O) groups excluding carboxylic acids is 1. The van der Waals surface area contributed by atoms with E-state index in [1.165, 1.54) is 25.7 Å². The molecule has 0 aromatic heterocycles. The standard InChI is InChI=1S/C21H26N2O3/c24-20-11-10-18(15-23-12-6-1-2-7-13-23)14-19(20)22-21(25)26-16-17-8-4-3-5-9-17/h3-5,8-11,14,24H,1-2,6-7,12-13,15-16H2,(H,22,25). The fourth-order valence-corrected chi connectivity index (χ4v) is 3.20. The van der Waals surface area contributed by atoms with Crippen molar-refractivity contribution in [3.05, 3.63) is 59.7 Å². The molecule has 0 spiro atoms. The van der Waals surface area contributed by atoms with Crippen molar-refractivity contribution in [2.24, 2.45) is 0 Å². The highest BCUT2D eigenvalue weighted by molar-refractivity contribution is 5.86. The lowest BCUT2D eigenvalue weighted by Crippen LogP contribution is -2.24. The summed E-state index contributed by atoms with van der Waals surface area (Å²) in [6, 6.07) is 14.9. The minimum absolute atomic E-state index is 0.0428. The van der Waals surface area contributed by atoms with E-state index >= 15 is 0 Å². The summed E-state index contributed by atoms with van der Waals surface area (Å²) in [7, 11) is 0. The van der Waals surface area contributed by atoms with Crippen molar-refractivity contribution in [2.75, 3.05) is 18.4 Å². The van der Waals surface area contributed by atoms with Crippen LogP contribution in [0.25, 0.3) is 0 Å². The van der Waals surface area contributed by atoms with Gasteiger partial charge in [-0.1, -0.05) is 49.2 Å². The number of benzene rings is 2. The molecular weight excluding hydrogens is 328 g/mol. The van der Waals surface area contributed by atoms with Gasteiger partial charge in [0.15, 0.2) is 0 Å². The summed E-state index contributed by atoms with van der Waals surface area (Å²) >= 11 is 0. The molecule has 2 N–H and O–H groups in total. The Bertz CT molecular complexity index is 710. The molecule has 0 radical (unpaired) electrons. The Morgan fingerprint density at radius 2 is 1.73 bits per heavy atom. The number of rotatable bonds is 5. The van der Waals surface area contributed by atoms with Crippen molar-refractivity contribution in [2.45, 2.75) is 38.8 Å². The van der Waals surface area contributed by atoms with Crippen LogP contribution >= 0.6 is 0 Å². The first-order chi connectivity index (χ1) is 12.7. The molecule has 26 heavy (non-hydrogen) atoms. The molecule has 1 aliphatic rings. The number of anilines is 1. The van der Waals surface area contributed by atoms with Crippen LogP contribution in [0.4, 0.5) is 10.5 Å². The number of likely N-dealkylation sites (tertiary alicyclic amines) is 1. The van der Waals surface area contributed by atoms with Gasteiger partial charge in [-0.3, -0.25) is 10.2 Å². The van der Waals surface area contributed by atoms with Gasteiger partial charge >= 0.3 is 6.09 Å². The van der Waals surface area contributed by atoms with Gasteiger partial charge in [-0.2, -0.15) is 0 Å². The zero-order valence-electron chi connectivity index (χ0n) is 15.0. The Kier molecular flexibility index (Phi) is 6.50. The molecule has 0 bridgehead atoms. The highest BCUT2D eigenvalue weighted by Gasteiger charge is 2.12. The SMILES string of the molecule is O=C(Nc1cc(CN2CCCCCC2)ccc1O)OCc1ccccc1. The highest BCUT2D eigenvalue weighted by atomic mass is 16.5. The molecule has 1 fully saturated rings. The van der Waals surface area contributed by atoms with Gasteiger partial charge in [0.1, 0.15) is 12.4 Å². The number of aromatic hydroxyl groups is 1. The fraction of sp³-hybridized carbons (Fsp3) is 0.381. The normalized spacial score (nSPS) is 15.2. The summed E-state index contributed by atoms with van der Waals surface area (Å²) in [6.45, 7) is 3.22. The molecule has 3 rings (SSSR count). The summed E-state index contributed by atoms with van der Waals surface area (Å²) < 4.78 is 5.22. The van der Waals surface area contributed by atoms with Crippen LogP contribution < -0.4 is 5.32 Å². The molecule has 2 aromatic rings. The smallest absolute Gasteiger partial charge is 0.412 e. The molecule has 138 valence electrons. The zero-order valence-corrected chi connectivity index (χ0v) is 15.0. The average Bonchev–Trinajstić information content (AvgIpc) is 2.92. The number of carbonyl (C=O) groups is 1. The van der Waals surface area contributed by atoms with Crippen LogP contribution in [-0.2, 0) is 17.9 Å². The first-order valence-corrected chi connectivity index (χ1v) is 9.23. The minimum atomic E-state index is -0.573. The maximum absolute atomic E-state index is 12.0. The van der Waals surface area contributed by atoms with Gasteiger partial charge in [0.05, 0.1) is 5.69 Å². The summed E-state index contributed by atoms with van der Waals surface area (Å²) in [5.74, 6) is 0.0428. The van der Waals surface area contributed by atoms with Gasteiger partial charge < -0.3 is 9.84 Å². The van der Waals surface area contributed by atoms with E-state index in [4.69, 9.17) is 4.74 Å². The molecule has 0 atom stereocenters. The van der Waals surface area contributed by atoms with Gasteiger partial charge in [-0.05, 0) is 49.2 Å². The van der Waals surface area contributed by atoms with Crippen molar-refractivity contribution < 1.29 is 14.6 Å². The lowest BCUT2D eigenvalue weighted by Gasteiger charge is -2.20. The first-order valence-electron chi connectivity index (χ1n) is 9.23. The zero-order chi connectivity index (χ0) is 18.2. The molecule has 1 saturated heterocycles. The van der Waals surface area contributed by atoms with Gasteiger partial charge in [0.25, 0.3) is 0 Å². The Hall–Kier alpha value is -2.53. The Morgan fingerprint density at radius 3 is 2.46 bits per heavy atom. The lowest BCUT2D eigenvalue weighted by molar-refractivity contribution is 0.155. The number of phenols is 1. The number of amides is 1. The van der Waals surface area contributed by atoms with Crippen molar-refractivity contribution in [3.8, 4) is 5.75 Å². The predicted molar refractivity (Wildman–Crippen MR) is 102 cm³/mol. The monoisotopic (exact) mass is 354 g/mol. The Labute approximate surface area is 154 Å². The second kappa shape index (κ2) is 9.25. The molecule has 1 amide bonds. The maximum Gasteiger partial charge on any atom is 0.412 e. The van der Waals surface area contributed by atoms with E-state index in [1.54, 1.807) is 6.07 Å². The summed E-state index contributed by atoms with van der Waals surface area (Å²) in [5, 5.41) is 12.7. The van der Waals surface area contributed by atoms with Crippen LogP contribution in [-0.4, -0.2) is 29.2 Å². The van der Waals surface area contributed by atoms with E-state index in [0.717, 1.165) is 30.8 Å². The lowest BCUT2D eigenvalue weighted by atomic mass is 10.1. The van der Waals surface area contributed by atoms with Crippen molar-refractivity contribution in [3.63, 3.8) is 0 Å². The third-order valence-corrected chi connectivity index (χ3v) is 4.62. The molecule has 2 aromatic carbocycles. The molecule has 0 unspecified atom stereocenters.